The summed E-state index contributed by atoms with van der Waals surface area (Å²) in [4.78, 5) is 0. The van der Waals surface area contributed by atoms with E-state index in [1.807, 2.05) is 18.2 Å². The molecule has 0 spiro atoms. The fourth-order valence-electron chi connectivity index (χ4n) is 13.7. The Bertz CT molecular complexity index is 4070. The van der Waals surface area contributed by atoms with Crippen molar-refractivity contribution in [1.29, 1.82) is 10.5 Å². The van der Waals surface area contributed by atoms with Gasteiger partial charge in [-0.3, -0.25) is 0 Å². The number of nitriles is 2. The molecule has 0 amide bonds. The van der Waals surface area contributed by atoms with Crippen molar-refractivity contribution in [1.82, 2.24) is 9.13 Å². The van der Waals surface area contributed by atoms with Crippen LogP contribution in [0.2, 0.25) is 0 Å². The summed E-state index contributed by atoms with van der Waals surface area (Å²) in [6, 6.07) is 63.1. The third kappa shape index (κ3) is 8.11. The van der Waals surface area contributed by atoms with E-state index >= 15 is 0 Å². The molecular weight excluding hydrogens is 945 g/mol. The van der Waals surface area contributed by atoms with Crippen LogP contribution in [-0.4, -0.2) is 9.13 Å². The van der Waals surface area contributed by atoms with Crippen LogP contribution in [-0.2, 0) is 0 Å². The zero-order chi connectivity index (χ0) is 54.6. The second-order valence-corrected chi connectivity index (χ2v) is 22.4. The molecule has 12 aromatic rings. The van der Waals surface area contributed by atoms with Crippen molar-refractivity contribution in [3.05, 3.63) is 236 Å². The second-order valence-electron chi connectivity index (χ2n) is 22.4. The van der Waals surface area contributed by atoms with E-state index in [-0.39, 0.29) is 0 Å². The van der Waals surface area contributed by atoms with Crippen LogP contribution in [0.15, 0.2) is 158 Å². The van der Waals surface area contributed by atoms with Crippen LogP contribution >= 0.6 is 0 Å². The molecule has 378 valence electrons. The predicted octanol–water partition coefficient (Wildman–Crippen LogP) is 19.7. The van der Waals surface area contributed by atoms with Crippen LogP contribution in [0.4, 0.5) is 0 Å². The number of hydrogen-bond acceptors (Lipinski definition) is 2. The Hall–Kier alpha value is -9.22. The molecule has 4 heteroatoms. The molecule has 2 aromatic heterocycles. The first-order chi connectivity index (χ1) is 37.5. The summed E-state index contributed by atoms with van der Waals surface area (Å²) in [7, 11) is 0. The van der Waals surface area contributed by atoms with Crippen LogP contribution in [0.3, 0.4) is 0 Å². The minimum absolute atomic E-state index is 0.542. The van der Waals surface area contributed by atoms with E-state index in [4.69, 9.17) is 0 Å². The molecule has 0 saturated heterocycles. The lowest BCUT2D eigenvalue weighted by atomic mass is 9.91. The summed E-state index contributed by atoms with van der Waals surface area (Å²) >= 11 is 0. The molecule has 0 aliphatic carbocycles. The van der Waals surface area contributed by atoms with Crippen LogP contribution in [0.5, 0.6) is 0 Å². The second kappa shape index (κ2) is 18.8. The van der Waals surface area contributed by atoms with Gasteiger partial charge >= 0.3 is 0 Å². The topological polar surface area (TPSA) is 57.4 Å². The Balaban J connectivity index is 1.20. The number of rotatable bonds is 7. The van der Waals surface area contributed by atoms with Gasteiger partial charge in [0.2, 0.25) is 0 Å². The van der Waals surface area contributed by atoms with Crippen molar-refractivity contribution < 1.29 is 0 Å². The van der Waals surface area contributed by atoms with Crippen molar-refractivity contribution in [2.75, 3.05) is 0 Å². The molecule has 0 saturated carbocycles. The van der Waals surface area contributed by atoms with E-state index in [1.165, 1.54) is 89.0 Å². The van der Waals surface area contributed by atoms with Crippen molar-refractivity contribution in [3.63, 3.8) is 0 Å². The molecule has 0 unspecified atom stereocenters. The Morgan fingerprint density at radius 1 is 0.282 bits per heavy atom. The van der Waals surface area contributed by atoms with Gasteiger partial charge in [-0.2, -0.15) is 10.5 Å². The Labute approximate surface area is 458 Å². The number of benzene rings is 10. The molecule has 0 aliphatic rings. The SMILES string of the molecule is Cc1cc(C)c(-c2ccc3c(c2)c2cc(-c4c(C)cc(C)cc4C)ccc2n3-c2cc(-c3cccc(C#N)c3)cc(-n3c4ccc(-c5c(C)cc(C)cc5C)cc4c4cc(-c5c(C)cc(C)cc5C)ccc43)c2C#N)c(C)c1. The monoisotopic (exact) mass is 1010 g/mol. The highest BCUT2D eigenvalue weighted by Crippen LogP contribution is 2.45. The van der Waals surface area contributed by atoms with Gasteiger partial charge < -0.3 is 9.13 Å². The zero-order valence-corrected chi connectivity index (χ0v) is 46.8. The molecule has 12 rings (SSSR count). The van der Waals surface area contributed by atoms with Gasteiger partial charge in [-0.25, -0.2) is 0 Å². The van der Waals surface area contributed by atoms with Gasteiger partial charge in [0.05, 0.1) is 45.1 Å². The molecule has 78 heavy (non-hydrogen) atoms. The first-order valence-corrected chi connectivity index (χ1v) is 27.1. The summed E-state index contributed by atoms with van der Waals surface area (Å²) in [5, 5.41) is 26.7. The van der Waals surface area contributed by atoms with Crippen molar-refractivity contribution >= 4 is 43.6 Å². The van der Waals surface area contributed by atoms with Crippen LogP contribution < -0.4 is 0 Å². The molecule has 0 bridgehead atoms. The maximum atomic E-state index is 12.0. The summed E-state index contributed by atoms with van der Waals surface area (Å²) in [5.41, 5.74) is 32.9. The average Bonchev–Trinajstić information content (AvgIpc) is 4.00. The van der Waals surface area contributed by atoms with Gasteiger partial charge in [0.25, 0.3) is 0 Å². The minimum atomic E-state index is 0.542. The van der Waals surface area contributed by atoms with E-state index < -0.39 is 0 Å². The fourth-order valence-corrected chi connectivity index (χ4v) is 13.7. The lowest BCUT2D eigenvalue weighted by molar-refractivity contribution is 1.12. The summed E-state index contributed by atoms with van der Waals surface area (Å²) in [6.45, 7) is 26.3. The lowest BCUT2D eigenvalue weighted by Gasteiger charge is -2.19. The number of aryl methyl sites for hydroxylation is 12. The number of fused-ring (bicyclic) bond motifs is 6. The van der Waals surface area contributed by atoms with E-state index in [9.17, 15) is 10.5 Å². The Morgan fingerprint density at radius 2 is 0.577 bits per heavy atom. The predicted molar refractivity (Wildman–Crippen MR) is 329 cm³/mol. The minimum Gasteiger partial charge on any atom is -0.308 e. The molecular formula is C74H62N4. The molecule has 0 fully saturated rings. The quantitative estimate of drug-likeness (QED) is 0.160. The molecule has 0 aliphatic heterocycles. The van der Waals surface area contributed by atoms with Crippen LogP contribution in [0.1, 0.15) is 77.9 Å². The standard InChI is InChI=1S/C74H62N4/c1-41-24-45(5)71(46(6)25-41)55-16-20-65-60(33-55)61-34-56(72-47(7)26-42(2)27-48(72)8)17-21-66(61)77(65)69-37-59(54-15-13-14-53(32-54)39-75)38-70(64(69)40-76)78-67-22-18-57(73-49(9)28-43(3)29-50(73)10)35-62(67)63-36-58(19-23-68(63)78)74-51(11)30-44(4)31-52(74)12/h13-38H,1-12H3. The van der Waals surface area contributed by atoms with E-state index in [0.717, 1.165) is 88.4 Å². The highest BCUT2D eigenvalue weighted by molar-refractivity contribution is 6.14. The molecule has 2 heterocycles. The van der Waals surface area contributed by atoms with Crippen LogP contribution in [0.25, 0.3) is 111 Å². The van der Waals surface area contributed by atoms with Gasteiger partial charge in [-0.15, -0.1) is 0 Å². The smallest absolute Gasteiger partial charge is 0.104 e. The van der Waals surface area contributed by atoms with E-state index in [0.29, 0.717) is 11.1 Å². The zero-order valence-electron chi connectivity index (χ0n) is 46.8. The molecule has 10 aromatic carbocycles. The summed E-state index contributed by atoms with van der Waals surface area (Å²) in [5.74, 6) is 0. The third-order valence-electron chi connectivity index (χ3n) is 16.4. The Morgan fingerprint density at radius 3 is 0.846 bits per heavy atom. The normalized spacial score (nSPS) is 11.6. The fraction of sp³-hybridized carbons (Fsp3) is 0.162. The van der Waals surface area contributed by atoms with Gasteiger partial charge in [0.15, 0.2) is 0 Å². The third-order valence-corrected chi connectivity index (χ3v) is 16.4. The maximum absolute atomic E-state index is 12.0. The van der Waals surface area contributed by atoms with Crippen LogP contribution in [0, 0.1) is 106 Å². The van der Waals surface area contributed by atoms with Gasteiger partial charge in [-0.05, 0) is 256 Å². The molecule has 0 N–H and O–H groups in total. The van der Waals surface area contributed by atoms with Gasteiger partial charge in [-0.1, -0.05) is 107 Å². The molecule has 4 nitrogen and oxygen atoms in total. The Kier molecular flexibility index (Phi) is 12.0. The largest absolute Gasteiger partial charge is 0.308 e. The maximum Gasteiger partial charge on any atom is 0.104 e. The highest BCUT2D eigenvalue weighted by Gasteiger charge is 2.25. The van der Waals surface area contributed by atoms with E-state index in [2.05, 4.69) is 244 Å². The number of hydrogen-bond donors (Lipinski definition) is 0. The van der Waals surface area contributed by atoms with Gasteiger partial charge in [0, 0.05) is 21.5 Å². The first kappa shape index (κ1) is 49.6. The number of nitrogens with zero attached hydrogens (tertiary/aromatic N) is 4. The van der Waals surface area contributed by atoms with E-state index in [1.54, 1.807) is 0 Å². The lowest BCUT2D eigenvalue weighted by Crippen LogP contribution is -2.05. The van der Waals surface area contributed by atoms with Gasteiger partial charge in [0.1, 0.15) is 11.6 Å². The van der Waals surface area contributed by atoms with Crippen molar-refractivity contribution in [3.8, 4) is 79.1 Å². The summed E-state index contributed by atoms with van der Waals surface area (Å²) in [6.07, 6.45) is 0. The van der Waals surface area contributed by atoms with Crippen molar-refractivity contribution in [2.45, 2.75) is 83.1 Å². The molecule has 0 atom stereocenters. The summed E-state index contributed by atoms with van der Waals surface area (Å²) < 4.78 is 4.63. The first-order valence-electron chi connectivity index (χ1n) is 27.1. The average molecular weight is 1010 g/mol. The number of aromatic nitrogens is 2. The van der Waals surface area contributed by atoms with Crippen molar-refractivity contribution in [2.24, 2.45) is 0 Å². The highest BCUT2D eigenvalue weighted by atomic mass is 15.0. The molecule has 0 radical (unpaired) electrons.